The van der Waals surface area contributed by atoms with Crippen LogP contribution in [0.4, 0.5) is 0 Å². The molecular weight excluding hydrogens is 149 g/mol. The highest BCUT2D eigenvalue weighted by atomic mass is 31.2. The van der Waals surface area contributed by atoms with Gasteiger partial charge in [0.15, 0.2) is 0 Å². The van der Waals surface area contributed by atoms with E-state index < -0.39 is 7.37 Å². The Kier molecular flexibility index (Phi) is 3.63. The molecule has 0 aromatic carbocycles. The number of hydrogen-bond acceptors (Lipinski definition) is 2. The number of hydrogen-bond donors (Lipinski definition) is 1. The lowest BCUT2D eigenvalue weighted by molar-refractivity contribution is 0.474. The maximum atomic E-state index is 11.0. The molecule has 0 fully saturated rings. The smallest absolute Gasteiger partial charge is 0.201 e. The summed E-state index contributed by atoms with van der Waals surface area (Å²) in [6, 6.07) is 1.92. The molecule has 0 aromatic heterocycles. The molecule has 2 atom stereocenters. The lowest BCUT2D eigenvalue weighted by Crippen LogP contribution is -2.00. The summed E-state index contributed by atoms with van der Waals surface area (Å²) in [5.74, 6) is -0.309. The van der Waals surface area contributed by atoms with E-state index in [-0.39, 0.29) is 18.2 Å². The highest BCUT2D eigenvalue weighted by Crippen LogP contribution is 2.41. The predicted octanol–water partition coefficient (Wildman–Crippen LogP) is 1.44. The van der Waals surface area contributed by atoms with Crippen LogP contribution >= 0.6 is 7.37 Å². The SMILES string of the molecule is CCP(=O)(O)C[C@@H](C)C#N. The molecule has 0 bridgehead atoms. The molecule has 0 spiro atoms. The Bertz CT molecular complexity index is 185. The predicted molar refractivity (Wildman–Crippen MR) is 40.0 cm³/mol. The van der Waals surface area contributed by atoms with Gasteiger partial charge in [-0.25, -0.2) is 0 Å². The van der Waals surface area contributed by atoms with Crippen LogP contribution in [-0.2, 0) is 4.57 Å². The summed E-state index contributed by atoms with van der Waals surface area (Å²) >= 11 is 0. The lowest BCUT2D eigenvalue weighted by atomic mass is 10.3. The summed E-state index contributed by atoms with van der Waals surface area (Å²) in [6.45, 7) is 3.31. The van der Waals surface area contributed by atoms with Gasteiger partial charge in [-0.15, -0.1) is 0 Å². The monoisotopic (exact) mass is 161 g/mol. The normalized spacial score (nSPS) is 19.0. The van der Waals surface area contributed by atoms with Crippen molar-refractivity contribution in [3.63, 3.8) is 0 Å². The molecule has 0 aromatic rings. The zero-order valence-electron chi connectivity index (χ0n) is 6.24. The summed E-state index contributed by atoms with van der Waals surface area (Å²) in [5.41, 5.74) is 0. The molecular formula is C6H12NO2P. The van der Waals surface area contributed by atoms with Crippen molar-refractivity contribution < 1.29 is 9.46 Å². The first kappa shape index (κ1) is 9.68. The van der Waals surface area contributed by atoms with Gasteiger partial charge < -0.3 is 4.89 Å². The van der Waals surface area contributed by atoms with Crippen LogP contribution in [0.1, 0.15) is 13.8 Å². The fraction of sp³-hybridized carbons (Fsp3) is 0.833. The second-order valence-corrected chi connectivity index (χ2v) is 5.07. The van der Waals surface area contributed by atoms with Gasteiger partial charge in [0, 0.05) is 12.3 Å². The zero-order chi connectivity index (χ0) is 8.20. The van der Waals surface area contributed by atoms with Gasteiger partial charge in [0.1, 0.15) is 0 Å². The molecule has 0 saturated heterocycles. The maximum Gasteiger partial charge on any atom is 0.201 e. The third-order valence-electron chi connectivity index (χ3n) is 1.27. The van der Waals surface area contributed by atoms with Gasteiger partial charge in [-0.2, -0.15) is 5.26 Å². The number of nitrogens with zero attached hydrogens (tertiary/aromatic N) is 1. The van der Waals surface area contributed by atoms with Crippen molar-refractivity contribution in [1.29, 1.82) is 5.26 Å². The highest BCUT2D eigenvalue weighted by Gasteiger charge is 2.18. The van der Waals surface area contributed by atoms with Crippen LogP contribution in [0.3, 0.4) is 0 Å². The lowest BCUT2D eigenvalue weighted by Gasteiger charge is -2.08. The van der Waals surface area contributed by atoms with Gasteiger partial charge in [-0.05, 0) is 6.92 Å². The molecule has 0 saturated carbocycles. The molecule has 0 aliphatic heterocycles. The third-order valence-corrected chi connectivity index (χ3v) is 3.38. The topological polar surface area (TPSA) is 61.1 Å². The fourth-order valence-corrected chi connectivity index (χ4v) is 1.79. The first-order valence-corrected chi connectivity index (χ1v) is 5.25. The Labute approximate surface area is 61.1 Å². The van der Waals surface area contributed by atoms with Crippen LogP contribution < -0.4 is 0 Å². The molecule has 0 aliphatic rings. The minimum Gasteiger partial charge on any atom is -0.344 e. The van der Waals surface area contributed by atoms with Crippen LogP contribution in [0, 0.1) is 17.2 Å². The third kappa shape index (κ3) is 3.66. The summed E-state index contributed by atoms with van der Waals surface area (Å²) in [5, 5.41) is 8.31. The van der Waals surface area contributed by atoms with Gasteiger partial charge in [0.25, 0.3) is 0 Å². The van der Waals surface area contributed by atoms with Crippen molar-refractivity contribution in [3.8, 4) is 6.07 Å². The molecule has 4 heteroatoms. The van der Waals surface area contributed by atoms with Crippen molar-refractivity contribution >= 4 is 7.37 Å². The summed E-state index contributed by atoms with van der Waals surface area (Å²) < 4.78 is 11.0. The first-order valence-electron chi connectivity index (χ1n) is 3.22. The van der Waals surface area contributed by atoms with E-state index in [1.807, 2.05) is 6.07 Å². The van der Waals surface area contributed by atoms with Crippen molar-refractivity contribution in [1.82, 2.24) is 0 Å². The average molecular weight is 161 g/mol. The molecule has 10 heavy (non-hydrogen) atoms. The standard InChI is InChI=1S/C6H12NO2P/c1-3-10(8,9)5-6(2)4-7/h6H,3,5H2,1-2H3,(H,8,9)/t6-/m0/s1. The van der Waals surface area contributed by atoms with E-state index in [2.05, 4.69) is 0 Å². The molecule has 3 nitrogen and oxygen atoms in total. The summed E-state index contributed by atoms with van der Waals surface area (Å²) in [7, 11) is -2.97. The first-order chi connectivity index (χ1) is 4.52. The highest BCUT2D eigenvalue weighted by molar-refractivity contribution is 7.57. The quantitative estimate of drug-likeness (QED) is 0.637. The van der Waals surface area contributed by atoms with E-state index in [0.29, 0.717) is 0 Å². The van der Waals surface area contributed by atoms with Gasteiger partial charge in [-0.3, -0.25) is 4.57 Å². The molecule has 0 radical (unpaired) electrons. The van der Waals surface area contributed by atoms with Crippen LogP contribution in [0.15, 0.2) is 0 Å². The van der Waals surface area contributed by atoms with E-state index in [0.717, 1.165) is 0 Å². The Balaban J connectivity index is 3.92. The van der Waals surface area contributed by atoms with E-state index in [4.69, 9.17) is 10.2 Å². The summed E-state index contributed by atoms with van der Waals surface area (Å²) in [4.78, 5) is 9.03. The largest absolute Gasteiger partial charge is 0.344 e. The van der Waals surface area contributed by atoms with Crippen molar-refractivity contribution in [3.05, 3.63) is 0 Å². The van der Waals surface area contributed by atoms with Gasteiger partial charge in [0.2, 0.25) is 7.37 Å². The van der Waals surface area contributed by atoms with Crippen molar-refractivity contribution in [2.45, 2.75) is 13.8 Å². The minimum absolute atomic E-state index is 0.125. The number of nitriles is 1. The minimum atomic E-state index is -2.97. The van der Waals surface area contributed by atoms with Crippen LogP contribution in [0.2, 0.25) is 0 Å². The van der Waals surface area contributed by atoms with Gasteiger partial charge >= 0.3 is 0 Å². The second-order valence-electron chi connectivity index (χ2n) is 2.38. The van der Waals surface area contributed by atoms with E-state index in [9.17, 15) is 4.57 Å². The summed E-state index contributed by atoms with van der Waals surface area (Å²) in [6.07, 6.45) is 0.388. The Morgan fingerprint density at radius 3 is 2.60 bits per heavy atom. The molecule has 1 unspecified atom stereocenters. The van der Waals surface area contributed by atoms with Crippen LogP contribution in [0.5, 0.6) is 0 Å². The van der Waals surface area contributed by atoms with Gasteiger partial charge in [0.05, 0.1) is 12.0 Å². The van der Waals surface area contributed by atoms with E-state index >= 15 is 0 Å². The van der Waals surface area contributed by atoms with Gasteiger partial charge in [-0.1, -0.05) is 6.92 Å². The van der Waals surface area contributed by atoms with Crippen molar-refractivity contribution in [2.24, 2.45) is 5.92 Å². The molecule has 0 rings (SSSR count). The Hall–Kier alpha value is -0.320. The second kappa shape index (κ2) is 3.75. The van der Waals surface area contributed by atoms with Crippen LogP contribution in [0.25, 0.3) is 0 Å². The Morgan fingerprint density at radius 1 is 1.80 bits per heavy atom. The number of rotatable bonds is 3. The molecule has 0 aliphatic carbocycles. The Morgan fingerprint density at radius 2 is 2.30 bits per heavy atom. The maximum absolute atomic E-state index is 11.0. The molecule has 0 heterocycles. The molecule has 58 valence electrons. The van der Waals surface area contributed by atoms with Crippen molar-refractivity contribution in [2.75, 3.05) is 12.3 Å². The molecule has 1 N–H and O–H groups in total. The fourth-order valence-electron chi connectivity index (χ4n) is 0.598. The molecule has 0 amide bonds. The van der Waals surface area contributed by atoms with E-state index in [1.165, 1.54) is 0 Å². The average Bonchev–Trinajstić information content (AvgIpc) is 1.87. The zero-order valence-corrected chi connectivity index (χ0v) is 7.14. The van der Waals surface area contributed by atoms with E-state index in [1.54, 1.807) is 13.8 Å². The van der Waals surface area contributed by atoms with Crippen LogP contribution in [-0.4, -0.2) is 17.2 Å².